The molecule has 132 valence electrons. The molecule has 0 heterocycles. The number of nitriles is 1. The number of halogens is 1. The Morgan fingerprint density at radius 3 is 1.57 bits per heavy atom. The fraction of sp³-hybridized carbons (Fsp3) is 0.700. The molecule has 0 radical (unpaired) electrons. The van der Waals surface area contributed by atoms with Gasteiger partial charge in [0.25, 0.3) is 0 Å². The highest BCUT2D eigenvalue weighted by Gasteiger charge is 2.23. The van der Waals surface area contributed by atoms with Crippen LogP contribution in [0.1, 0.15) is 61.8 Å². The third kappa shape index (κ3) is 26.0. The topological polar surface area (TPSA) is 28.1 Å². The van der Waals surface area contributed by atoms with Gasteiger partial charge in [-0.3, -0.25) is 0 Å². The van der Waals surface area contributed by atoms with Gasteiger partial charge >= 0.3 is 0 Å². The molecule has 0 rings (SSSR count). The number of hydrogen-bond acceptors (Lipinski definition) is 1. The molecule has 0 saturated carbocycles. The lowest BCUT2D eigenvalue weighted by Crippen LogP contribution is -2.18. The number of alkyl halides is 1. The van der Waals surface area contributed by atoms with Gasteiger partial charge in [-0.05, 0) is 25.7 Å². The first kappa shape index (κ1) is 26.6. The second-order valence-electron chi connectivity index (χ2n) is 8.18. The second-order valence-corrected chi connectivity index (χ2v) is 8.44. The monoisotopic (exact) mass is 338 g/mol. The van der Waals surface area contributed by atoms with Gasteiger partial charge in [-0.25, -0.2) is 6.57 Å². The Kier molecular flexibility index (Phi) is 15.3. The lowest BCUT2D eigenvalue weighted by atomic mass is 9.78. The molecule has 0 saturated heterocycles. The van der Waals surface area contributed by atoms with Crippen LogP contribution >= 0.6 is 11.6 Å². The summed E-state index contributed by atoms with van der Waals surface area (Å²) >= 11 is 5.24. The van der Waals surface area contributed by atoms with Crippen molar-refractivity contribution in [1.29, 1.82) is 5.26 Å². The van der Waals surface area contributed by atoms with Gasteiger partial charge in [0.2, 0.25) is 6.54 Å². The molecule has 2 nitrogen and oxygen atoms in total. The predicted octanol–water partition coefficient (Wildman–Crippen LogP) is 6.89. The van der Waals surface area contributed by atoms with Crippen molar-refractivity contribution < 1.29 is 0 Å². The molecule has 0 aromatic carbocycles. The van der Waals surface area contributed by atoms with Gasteiger partial charge in [0.15, 0.2) is 0 Å². The predicted molar refractivity (Wildman–Crippen MR) is 104 cm³/mol. The normalized spacial score (nSPS) is 11.4. The fourth-order valence-corrected chi connectivity index (χ4v) is 1.13. The molecule has 1 atom stereocenters. The summed E-state index contributed by atoms with van der Waals surface area (Å²) in [4.78, 5) is 3.26. The van der Waals surface area contributed by atoms with Crippen molar-refractivity contribution >= 4 is 11.6 Å². The largest absolute Gasteiger partial charge is 0.316 e. The summed E-state index contributed by atoms with van der Waals surface area (Å²) in [6.45, 7) is 30.8. The van der Waals surface area contributed by atoms with E-state index in [-0.39, 0.29) is 16.7 Å². The first-order valence-corrected chi connectivity index (χ1v) is 8.32. The summed E-state index contributed by atoms with van der Waals surface area (Å²) < 4.78 is 0. The number of allylic oxidation sites excluding steroid dienone is 2. The Hall–Kier alpha value is -1.25. The van der Waals surface area contributed by atoms with Gasteiger partial charge in [-0.15, -0.1) is 18.2 Å². The molecule has 0 spiro atoms. The molecule has 0 aromatic heterocycles. The zero-order valence-corrected chi connectivity index (χ0v) is 17.1. The van der Waals surface area contributed by atoms with E-state index in [1.165, 1.54) is 0 Å². The zero-order valence-electron chi connectivity index (χ0n) is 16.4. The molecule has 0 aliphatic carbocycles. The van der Waals surface area contributed by atoms with Crippen LogP contribution < -0.4 is 0 Å². The van der Waals surface area contributed by atoms with Crippen LogP contribution in [0, 0.1) is 34.7 Å². The molecule has 1 unspecified atom stereocenters. The second kappa shape index (κ2) is 13.2. The molecule has 23 heavy (non-hydrogen) atoms. The van der Waals surface area contributed by atoms with Gasteiger partial charge in [-0.1, -0.05) is 59.3 Å². The van der Waals surface area contributed by atoms with Crippen LogP contribution in [0.25, 0.3) is 4.85 Å². The minimum atomic E-state index is 0.0771. The van der Waals surface area contributed by atoms with E-state index in [2.05, 4.69) is 65.6 Å². The smallest absolute Gasteiger partial charge is 0.219 e. The van der Waals surface area contributed by atoms with Crippen LogP contribution in [-0.2, 0) is 0 Å². The SMILES string of the molecule is C=C(C)CC(C#N)C(C)(C)C.C=C(C)CCl.[C-]#[N+]CC(C)(C)C. The van der Waals surface area contributed by atoms with Crippen LogP contribution in [0.5, 0.6) is 0 Å². The lowest BCUT2D eigenvalue weighted by molar-refractivity contribution is 0.299. The van der Waals surface area contributed by atoms with Gasteiger partial charge < -0.3 is 4.85 Å². The Morgan fingerprint density at radius 2 is 1.52 bits per heavy atom. The lowest BCUT2D eigenvalue weighted by Gasteiger charge is -2.24. The van der Waals surface area contributed by atoms with Crippen LogP contribution in [0.4, 0.5) is 0 Å². The Labute approximate surface area is 150 Å². The number of nitrogens with zero attached hydrogens (tertiary/aromatic N) is 2. The van der Waals surface area contributed by atoms with E-state index in [0.29, 0.717) is 12.4 Å². The van der Waals surface area contributed by atoms with E-state index in [1.807, 2.05) is 13.8 Å². The average molecular weight is 339 g/mol. The minimum Gasteiger partial charge on any atom is -0.316 e. The van der Waals surface area contributed by atoms with Gasteiger partial charge in [0.1, 0.15) is 0 Å². The molecular weight excluding hydrogens is 304 g/mol. The van der Waals surface area contributed by atoms with E-state index >= 15 is 0 Å². The molecule has 0 amide bonds. The van der Waals surface area contributed by atoms with Crippen molar-refractivity contribution in [3.8, 4) is 6.07 Å². The first-order chi connectivity index (χ1) is 10.2. The van der Waals surface area contributed by atoms with E-state index in [1.54, 1.807) is 0 Å². The molecule has 0 N–H and O–H groups in total. The summed E-state index contributed by atoms with van der Waals surface area (Å²) in [5.74, 6) is 0.681. The first-order valence-electron chi connectivity index (χ1n) is 7.78. The van der Waals surface area contributed by atoms with Crippen LogP contribution in [0.2, 0.25) is 0 Å². The summed E-state index contributed by atoms with van der Waals surface area (Å²) in [6.07, 6.45) is 0.819. The van der Waals surface area contributed by atoms with E-state index in [0.717, 1.165) is 17.6 Å². The van der Waals surface area contributed by atoms with Crippen molar-refractivity contribution in [2.45, 2.75) is 61.8 Å². The molecule has 0 aromatic rings. The van der Waals surface area contributed by atoms with Crippen molar-refractivity contribution in [2.75, 3.05) is 12.4 Å². The maximum Gasteiger partial charge on any atom is 0.219 e. The summed E-state index contributed by atoms with van der Waals surface area (Å²) in [7, 11) is 0. The van der Waals surface area contributed by atoms with Gasteiger partial charge in [-0.2, -0.15) is 5.26 Å². The Balaban J connectivity index is -0.000000286. The molecule has 0 aliphatic rings. The van der Waals surface area contributed by atoms with Crippen molar-refractivity contribution in [2.24, 2.45) is 16.7 Å². The van der Waals surface area contributed by atoms with Gasteiger partial charge in [0.05, 0.1) is 12.0 Å². The summed E-state index contributed by atoms with van der Waals surface area (Å²) in [6, 6.07) is 2.31. The number of hydrogen-bond donors (Lipinski definition) is 0. The van der Waals surface area contributed by atoms with E-state index < -0.39 is 0 Å². The Bertz CT molecular complexity index is 423. The third-order valence-corrected chi connectivity index (χ3v) is 2.99. The maximum atomic E-state index is 8.82. The molecular formula is C20H35ClN2. The van der Waals surface area contributed by atoms with Gasteiger partial charge in [0, 0.05) is 11.3 Å². The van der Waals surface area contributed by atoms with Crippen LogP contribution in [0.3, 0.4) is 0 Å². The summed E-state index contributed by atoms with van der Waals surface area (Å²) in [5.41, 5.74) is 2.38. The molecule has 0 bridgehead atoms. The third-order valence-electron chi connectivity index (χ3n) is 2.54. The van der Waals surface area contributed by atoms with Crippen molar-refractivity contribution in [3.63, 3.8) is 0 Å². The standard InChI is InChI=1S/C10H17N.C6H11N.C4H7Cl/c1-8(2)6-9(7-11)10(3,4)5;1-6(2,3)5-7-4;1-4(2)3-5/h9H,1,6H2,2-5H3;5H2,1-3H3;1,3H2,2H3. The Morgan fingerprint density at radius 1 is 1.13 bits per heavy atom. The highest BCUT2D eigenvalue weighted by molar-refractivity contribution is 6.19. The zero-order chi connectivity index (χ0) is 19.3. The molecule has 0 aliphatic heterocycles. The minimum absolute atomic E-state index is 0.0771. The summed E-state index contributed by atoms with van der Waals surface area (Å²) in [5, 5.41) is 8.82. The average Bonchev–Trinajstić information content (AvgIpc) is 2.34. The van der Waals surface area contributed by atoms with Crippen molar-refractivity contribution in [3.05, 3.63) is 35.7 Å². The number of rotatable bonds is 3. The molecule has 0 fully saturated rings. The van der Waals surface area contributed by atoms with Crippen LogP contribution in [0.15, 0.2) is 24.3 Å². The van der Waals surface area contributed by atoms with Crippen molar-refractivity contribution in [1.82, 2.24) is 0 Å². The quantitative estimate of drug-likeness (QED) is 0.312. The highest BCUT2D eigenvalue weighted by atomic mass is 35.5. The van der Waals surface area contributed by atoms with E-state index in [9.17, 15) is 0 Å². The maximum absolute atomic E-state index is 8.82. The molecule has 3 heteroatoms. The van der Waals surface area contributed by atoms with E-state index in [4.69, 9.17) is 23.4 Å². The fourth-order valence-electron chi connectivity index (χ4n) is 1.13. The highest BCUT2D eigenvalue weighted by Crippen LogP contribution is 2.29. The van der Waals surface area contributed by atoms with Crippen LogP contribution in [-0.4, -0.2) is 12.4 Å².